The number of esters is 1. The number of hydrogen-bond acceptors (Lipinski definition) is 5. The molecule has 1 N–H and O–H groups in total. The summed E-state index contributed by atoms with van der Waals surface area (Å²) in [4.78, 5) is 24.7. The van der Waals surface area contributed by atoms with Gasteiger partial charge in [-0.05, 0) is 36.2 Å². The lowest BCUT2D eigenvalue weighted by Crippen LogP contribution is -2.35. The van der Waals surface area contributed by atoms with E-state index in [9.17, 15) is 9.59 Å². The van der Waals surface area contributed by atoms with E-state index in [1.54, 1.807) is 12.1 Å². The first kappa shape index (κ1) is 21.9. The number of methoxy groups -OCH3 is 1. The summed E-state index contributed by atoms with van der Waals surface area (Å²) in [6.45, 7) is 2.27. The summed E-state index contributed by atoms with van der Waals surface area (Å²) in [5.41, 5.74) is 2.25. The molecule has 6 nitrogen and oxygen atoms in total. The second-order valence-electron chi connectivity index (χ2n) is 6.89. The molecule has 3 rings (SSSR count). The lowest BCUT2D eigenvalue weighted by molar-refractivity contribution is -0.129. The van der Waals surface area contributed by atoms with Crippen molar-refractivity contribution < 1.29 is 23.8 Å². The molecule has 3 aromatic rings. The SMILES string of the molecule is COc1cc(C(=O)OC(C)C(=O)NCc2ccccc2)ccc1OCc1ccccc1. The van der Waals surface area contributed by atoms with Crippen molar-refractivity contribution in [3.63, 3.8) is 0 Å². The fraction of sp³-hybridized carbons (Fsp3) is 0.200. The Labute approximate surface area is 181 Å². The summed E-state index contributed by atoms with van der Waals surface area (Å²) >= 11 is 0. The Morgan fingerprint density at radius 3 is 2.16 bits per heavy atom. The molecule has 0 aliphatic rings. The molecule has 0 aliphatic heterocycles. The van der Waals surface area contributed by atoms with Crippen LogP contribution in [0.1, 0.15) is 28.4 Å². The zero-order chi connectivity index (χ0) is 22.1. The highest BCUT2D eigenvalue weighted by atomic mass is 16.5. The Bertz CT molecular complexity index is 1000. The monoisotopic (exact) mass is 419 g/mol. The lowest BCUT2D eigenvalue weighted by Gasteiger charge is -2.15. The zero-order valence-electron chi connectivity index (χ0n) is 17.5. The van der Waals surface area contributed by atoms with Gasteiger partial charge in [0.1, 0.15) is 6.61 Å². The first-order valence-corrected chi connectivity index (χ1v) is 9.94. The molecular weight excluding hydrogens is 394 g/mol. The van der Waals surface area contributed by atoms with Crippen LogP contribution in [0.5, 0.6) is 11.5 Å². The van der Waals surface area contributed by atoms with Gasteiger partial charge in [0, 0.05) is 6.54 Å². The van der Waals surface area contributed by atoms with Crippen LogP contribution in [0, 0.1) is 0 Å². The Morgan fingerprint density at radius 2 is 1.52 bits per heavy atom. The van der Waals surface area contributed by atoms with Crippen LogP contribution in [0.25, 0.3) is 0 Å². The van der Waals surface area contributed by atoms with E-state index in [0.29, 0.717) is 24.7 Å². The number of carbonyl (C=O) groups excluding carboxylic acids is 2. The normalized spacial score (nSPS) is 11.3. The molecule has 0 aromatic heterocycles. The predicted molar refractivity (Wildman–Crippen MR) is 117 cm³/mol. The van der Waals surface area contributed by atoms with Crippen molar-refractivity contribution in [2.75, 3.05) is 7.11 Å². The van der Waals surface area contributed by atoms with Crippen LogP contribution < -0.4 is 14.8 Å². The number of carbonyl (C=O) groups is 2. The molecule has 0 saturated carbocycles. The molecule has 0 bridgehead atoms. The van der Waals surface area contributed by atoms with Crippen LogP contribution in [-0.4, -0.2) is 25.1 Å². The summed E-state index contributed by atoms with van der Waals surface area (Å²) in [6.07, 6.45) is -0.934. The van der Waals surface area contributed by atoms with Gasteiger partial charge in [-0.1, -0.05) is 60.7 Å². The van der Waals surface area contributed by atoms with Crippen molar-refractivity contribution in [3.8, 4) is 11.5 Å². The van der Waals surface area contributed by atoms with Crippen LogP contribution in [0.4, 0.5) is 0 Å². The Morgan fingerprint density at radius 1 is 0.871 bits per heavy atom. The molecule has 1 amide bonds. The summed E-state index contributed by atoms with van der Waals surface area (Å²) < 4.78 is 16.5. The van der Waals surface area contributed by atoms with E-state index >= 15 is 0 Å². The summed E-state index contributed by atoms with van der Waals surface area (Å²) in [5, 5.41) is 2.76. The van der Waals surface area contributed by atoms with E-state index in [0.717, 1.165) is 11.1 Å². The van der Waals surface area contributed by atoms with Crippen molar-refractivity contribution in [2.45, 2.75) is 26.2 Å². The molecule has 3 aromatic carbocycles. The molecule has 6 heteroatoms. The van der Waals surface area contributed by atoms with E-state index in [4.69, 9.17) is 14.2 Å². The summed E-state index contributed by atoms with van der Waals surface area (Å²) in [7, 11) is 1.50. The standard InChI is InChI=1S/C25H25NO5/c1-18(24(27)26-16-19-9-5-3-6-10-19)31-25(28)21-13-14-22(23(15-21)29-2)30-17-20-11-7-4-8-12-20/h3-15,18H,16-17H2,1-2H3,(H,26,27). The lowest BCUT2D eigenvalue weighted by atomic mass is 10.2. The molecule has 31 heavy (non-hydrogen) atoms. The largest absolute Gasteiger partial charge is 0.493 e. The third kappa shape index (κ3) is 6.34. The Balaban J connectivity index is 1.57. The van der Waals surface area contributed by atoms with E-state index < -0.39 is 12.1 Å². The fourth-order valence-electron chi connectivity index (χ4n) is 2.86. The van der Waals surface area contributed by atoms with Crippen molar-refractivity contribution in [1.82, 2.24) is 5.32 Å². The quantitative estimate of drug-likeness (QED) is 0.528. The molecule has 0 spiro atoms. The van der Waals surface area contributed by atoms with Crippen LogP contribution in [0.15, 0.2) is 78.9 Å². The van der Waals surface area contributed by atoms with Crippen molar-refractivity contribution in [3.05, 3.63) is 95.6 Å². The number of benzene rings is 3. The molecule has 0 saturated heterocycles. The van der Waals surface area contributed by atoms with Gasteiger partial charge in [0.05, 0.1) is 12.7 Å². The van der Waals surface area contributed by atoms with Gasteiger partial charge in [-0.25, -0.2) is 4.79 Å². The minimum Gasteiger partial charge on any atom is -0.493 e. The van der Waals surface area contributed by atoms with E-state index in [-0.39, 0.29) is 11.5 Å². The maximum absolute atomic E-state index is 12.5. The molecule has 1 atom stereocenters. The van der Waals surface area contributed by atoms with E-state index in [1.165, 1.54) is 20.1 Å². The van der Waals surface area contributed by atoms with Gasteiger partial charge in [0.2, 0.25) is 0 Å². The van der Waals surface area contributed by atoms with E-state index in [1.807, 2.05) is 60.7 Å². The minimum absolute atomic E-state index is 0.270. The molecular formula is C25H25NO5. The number of nitrogens with one attached hydrogen (secondary N) is 1. The highest BCUT2D eigenvalue weighted by Gasteiger charge is 2.20. The summed E-state index contributed by atoms with van der Waals surface area (Å²) in [5.74, 6) is -0.0645. The maximum atomic E-state index is 12.5. The molecule has 0 fully saturated rings. The highest BCUT2D eigenvalue weighted by Crippen LogP contribution is 2.29. The Kier molecular flexibility index (Phi) is 7.65. The van der Waals surface area contributed by atoms with Gasteiger partial charge in [0.15, 0.2) is 17.6 Å². The van der Waals surface area contributed by atoms with Crippen LogP contribution >= 0.6 is 0 Å². The smallest absolute Gasteiger partial charge is 0.339 e. The maximum Gasteiger partial charge on any atom is 0.339 e. The van der Waals surface area contributed by atoms with Gasteiger partial charge in [-0.15, -0.1) is 0 Å². The molecule has 160 valence electrons. The molecule has 0 radical (unpaired) electrons. The van der Waals surface area contributed by atoms with Crippen LogP contribution in [0.3, 0.4) is 0 Å². The minimum atomic E-state index is -0.934. The molecule has 0 heterocycles. The first-order chi connectivity index (χ1) is 15.1. The number of ether oxygens (including phenoxy) is 3. The molecule has 1 unspecified atom stereocenters. The van der Waals surface area contributed by atoms with Gasteiger partial charge in [-0.3, -0.25) is 4.79 Å². The third-order valence-electron chi connectivity index (χ3n) is 4.60. The first-order valence-electron chi connectivity index (χ1n) is 9.94. The van der Waals surface area contributed by atoms with Gasteiger partial charge in [-0.2, -0.15) is 0 Å². The van der Waals surface area contributed by atoms with E-state index in [2.05, 4.69) is 5.32 Å². The second kappa shape index (κ2) is 10.8. The van der Waals surface area contributed by atoms with Gasteiger partial charge in [0.25, 0.3) is 5.91 Å². The highest BCUT2D eigenvalue weighted by molar-refractivity contribution is 5.92. The average Bonchev–Trinajstić information content (AvgIpc) is 2.82. The second-order valence-corrected chi connectivity index (χ2v) is 6.89. The van der Waals surface area contributed by atoms with Crippen LogP contribution in [-0.2, 0) is 22.7 Å². The summed E-state index contributed by atoms with van der Waals surface area (Å²) in [6, 6.07) is 24.0. The average molecular weight is 419 g/mol. The van der Waals surface area contributed by atoms with Crippen molar-refractivity contribution >= 4 is 11.9 Å². The number of rotatable bonds is 9. The van der Waals surface area contributed by atoms with Crippen molar-refractivity contribution in [1.29, 1.82) is 0 Å². The fourth-order valence-corrected chi connectivity index (χ4v) is 2.86. The van der Waals surface area contributed by atoms with Crippen molar-refractivity contribution in [2.24, 2.45) is 0 Å². The predicted octanol–water partition coefficient (Wildman–Crippen LogP) is 4.14. The van der Waals surface area contributed by atoms with Crippen LogP contribution in [0.2, 0.25) is 0 Å². The van der Waals surface area contributed by atoms with Gasteiger partial charge < -0.3 is 19.5 Å². The number of amides is 1. The molecule has 0 aliphatic carbocycles. The topological polar surface area (TPSA) is 73.9 Å². The van der Waals surface area contributed by atoms with Gasteiger partial charge >= 0.3 is 5.97 Å². The number of hydrogen-bond donors (Lipinski definition) is 1. The third-order valence-corrected chi connectivity index (χ3v) is 4.60. The Hall–Kier alpha value is -3.80. The zero-order valence-corrected chi connectivity index (χ0v) is 17.5.